The van der Waals surface area contributed by atoms with E-state index >= 15 is 0 Å². The number of non-ortho nitro benzene ring substituents is 1. The van der Waals surface area contributed by atoms with Gasteiger partial charge in [-0.2, -0.15) is 0 Å². The van der Waals surface area contributed by atoms with Crippen molar-refractivity contribution in [3.63, 3.8) is 0 Å². The van der Waals surface area contributed by atoms with Gasteiger partial charge < -0.3 is 5.11 Å². The van der Waals surface area contributed by atoms with Gasteiger partial charge in [-0.3, -0.25) is 14.3 Å². The molecule has 8 heteroatoms. The van der Waals surface area contributed by atoms with Gasteiger partial charge in [0, 0.05) is 22.7 Å². The summed E-state index contributed by atoms with van der Waals surface area (Å²) in [6, 6.07) is 9.79. The highest BCUT2D eigenvalue weighted by Crippen LogP contribution is 2.24. The van der Waals surface area contributed by atoms with Gasteiger partial charge in [-0.1, -0.05) is 11.6 Å². The highest BCUT2D eigenvalue weighted by molar-refractivity contribution is 7.80. The first-order valence-electron chi connectivity index (χ1n) is 5.74. The summed E-state index contributed by atoms with van der Waals surface area (Å²) >= 11 is 3.96. The van der Waals surface area contributed by atoms with E-state index in [1.807, 2.05) is 0 Å². The van der Waals surface area contributed by atoms with Crippen LogP contribution in [0.15, 0.2) is 47.4 Å². The number of nitro groups is 1. The molecule has 0 fully saturated rings. The number of nitrogens with zero attached hydrogens (tertiary/aromatic N) is 1. The van der Waals surface area contributed by atoms with Gasteiger partial charge in [0.2, 0.25) is 0 Å². The summed E-state index contributed by atoms with van der Waals surface area (Å²) in [6.07, 6.45) is 0. The van der Waals surface area contributed by atoms with Crippen molar-refractivity contribution in [3.05, 3.63) is 63.2 Å². The van der Waals surface area contributed by atoms with Gasteiger partial charge in [0.15, 0.2) is 11.1 Å². The summed E-state index contributed by atoms with van der Waals surface area (Å²) < 4.78 is 17.0. The smallest absolute Gasteiger partial charge is 0.270 e. The normalized spacial score (nSPS) is 12.0. The Morgan fingerprint density at radius 1 is 1.24 bits per heavy atom. The zero-order chi connectivity index (χ0) is 15.4. The van der Waals surface area contributed by atoms with Crippen LogP contribution in [0.5, 0.6) is 5.75 Å². The van der Waals surface area contributed by atoms with Crippen LogP contribution in [0.2, 0.25) is 5.02 Å². The van der Waals surface area contributed by atoms with Crippen molar-refractivity contribution in [1.29, 1.82) is 0 Å². The molecule has 0 saturated carbocycles. The molecule has 1 N–H and O–H groups in total. The molecule has 2 aromatic rings. The molecule has 110 valence electrons. The van der Waals surface area contributed by atoms with Crippen LogP contribution in [-0.4, -0.2) is 14.2 Å². The van der Waals surface area contributed by atoms with Crippen molar-refractivity contribution in [2.75, 3.05) is 0 Å². The molecule has 0 aromatic heterocycles. The topological polar surface area (TPSA) is 89.7 Å². The number of rotatable bonds is 5. The predicted octanol–water partition coefficient (Wildman–Crippen LogP) is 3.19. The van der Waals surface area contributed by atoms with Crippen molar-refractivity contribution >= 4 is 28.4 Å². The molecule has 2 rings (SSSR count). The lowest BCUT2D eigenvalue weighted by atomic mass is 10.2. The van der Waals surface area contributed by atoms with E-state index in [9.17, 15) is 19.4 Å². The molecular weight excluding hydrogens is 318 g/mol. The standard InChI is InChI=1S/C13H10ClNO5S/c14-10-1-4-12(5-2-10)21(19)20-8-9-7-11(15(17)18)3-6-13(9)16/h1-7,16H,8H2/t21-/m1/s1. The number of aromatic hydroxyl groups is 1. The van der Waals surface area contributed by atoms with Crippen molar-refractivity contribution < 1.29 is 18.4 Å². The van der Waals surface area contributed by atoms with Crippen LogP contribution < -0.4 is 0 Å². The Bertz CT molecular complexity index is 689. The van der Waals surface area contributed by atoms with E-state index in [1.54, 1.807) is 24.3 Å². The summed E-state index contributed by atoms with van der Waals surface area (Å²) in [4.78, 5) is 10.5. The first kappa shape index (κ1) is 15.4. The minimum Gasteiger partial charge on any atom is -0.508 e. The maximum absolute atomic E-state index is 11.9. The van der Waals surface area contributed by atoms with Crippen LogP contribution in [0.4, 0.5) is 5.69 Å². The summed E-state index contributed by atoms with van der Waals surface area (Å²) in [5.41, 5.74) is 0.00943. The van der Waals surface area contributed by atoms with Crippen LogP contribution in [0.3, 0.4) is 0 Å². The van der Waals surface area contributed by atoms with E-state index in [0.717, 1.165) is 0 Å². The van der Waals surface area contributed by atoms with E-state index in [2.05, 4.69) is 0 Å². The van der Waals surface area contributed by atoms with Crippen molar-refractivity contribution in [2.24, 2.45) is 0 Å². The van der Waals surface area contributed by atoms with Gasteiger partial charge in [-0.25, -0.2) is 4.21 Å². The van der Waals surface area contributed by atoms with Gasteiger partial charge >= 0.3 is 0 Å². The molecule has 0 radical (unpaired) electrons. The van der Waals surface area contributed by atoms with Crippen molar-refractivity contribution in [3.8, 4) is 5.75 Å². The first-order valence-corrected chi connectivity index (χ1v) is 7.19. The Morgan fingerprint density at radius 2 is 1.90 bits per heavy atom. The molecule has 0 aliphatic carbocycles. The summed E-state index contributed by atoms with van der Waals surface area (Å²) in [5, 5.41) is 20.8. The maximum atomic E-state index is 11.9. The predicted molar refractivity (Wildman–Crippen MR) is 77.4 cm³/mol. The second-order valence-electron chi connectivity index (χ2n) is 4.02. The average Bonchev–Trinajstić information content (AvgIpc) is 2.46. The van der Waals surface area contributed by atoms with Crippen molar-refractivity contribution in [2.45, 2.75) is 11.5 Å². The van der Waals surface area contributed by atoms with Gasteiger partial charge in [0.1, 0.15) is 5.75 Å². The van der Waals surface area contributed by atoms with E-state index in [1.165, 1.54) is 18.2 Å². The van der Waals surface area contributed by atoms with Gasteiger partial charge in [-0.15, -0.1) is 0 Å². The molecule has 0 spiro atoms. The highest BCUT2D eigenvalue weighted by atomic mass is 35.5. The molecule has 0 aliphatic heterocycles. The lowest BCUT2D eigenvalue weighted by Crippen LogP contribution is -1.99. The van der Waals surface area contributed by atoms with Gasteiger partial charge in [0.05, 0.1) is 16.4 Å². The third kappa shape index (κ3) is 4.01. The quantitative estimate of drug-likeness (QED) is 0.672. The molecule has 1 atom stereocenters. The molecule has 2 aromatic carbocycles. The molecule has 0 amide bonds. The number of hydrogen-bond donors (Lipinski definition) is 1. The van der Waals surface area contributed by atoms with Gasteiger partial charge in [0.25, 0.3) is 5.69 Å². The summed E-state index contributed by atoms with van der Waals surface area (Å²) in [5.74, 6) is -0.159. The summed E-state index contributed by atoms with van der Waals surface area (Å²) in [7, 11) is 0. The zero-order valence-corrected chi connectivity index (χ0v) is 12.1. The number of nitro benzene ring substituents is 1. The molecule has 0 unspecified atom stereocenters. The fourth-order valence-electron chi connectivity index (χ4n) is 1.53. The molecule has 21 heavy (non-hydrogen) atoms. The third-order valence-corrected chi connectivity index (χ3v) is 3.84. The second-order valence-corrected chi connectivity index (χ2v) is 5.63. The van der Waals surface area contributed by atoms with E-state index < -0.39 is 16.0 Å². The van der Waals surface area contributed by atoms with Gasteiger partial charge in [-0.05, 0) is 30.3 Å². The number of benzene rings is 2. The first-order chi connectivity index (χ1) is 9.97. The fraction of sp³-hybridized carbons (Fsp3) is 0.0769. The molecule has 0 heterocycles. The molecule has 0 bridgehead atoms. The maximum Gasteiger partial charge on any atom is 0.270 e. The lowest BCUT2D eigenvalue weighted by Gasteiger charge is -2.06. The van der Waals surface area contributed by atoms with Crippen LogP contribution >= 0.6 is 11.6 Å². The van der Waals surface area contributed by atoms with Crippen LogP contribution in [0, 0.1) is 10.1 Å². The Kier molecular flexibility index (Phi) is 4.89. The van der Waals surface area contributed by atoms with E-state index in [0.29, 0.717) is 9.92 Å². The second kappa shape index (κ2) is 6.66. The third-order valence-electron chi connectivity index (χ3n) is 2.60. The number of phenolic OH excluding ortho intramolecular Hbond substituents is 1. The molecule has 6 nitrogen and oxygen atoms in total. The van der Waals surface area contributed by atoms with E-state index in [-0.39, 0.29) is 23.6 Å². The molecule has 0 aliphatic rings. The zero-order valence-electron chi connectivity index (χ0n) is 10.6. The molecular formula is C13H10ClNO5S. The Balaban J connectivity index is 2.09. The fourth-order valence-corrected chi connectivity index (χ4v) is 2.39. The monoisotopic (exact) mass is 327 g/mol. The lowest BCUT2D eigenvalue weighted by molar-refractivity contribution is -0.385. The minimum atomic E-state index is -1.76. The van der Waals surface area contributed by atoms with Crippen LogP contribution in [0.1, 0.15) is 5.56 Å². The SMILES string of the molecule is O=[N+]([O-])c1ccc(O)c(CO[S@@](=O)c2ccc(Cl)cc2)c1. The molecule has 0 saturated heterocycles. The summed E-state index contributed by atoms with van der Waals surface area (Å²) in [6.45, 7) is -0.219. The Hall–Kier alpha value is -1.96. The largest absolute Gasteiger partial charge is 0.508 e. The number of phenols is 1. The number of halogens is 1. The Labute approximate surface area is 127 Å². The highest BCUT2D eigenvalue weighted by Gasteiger charge is 2.12. The average molecular weight is 328 g/mol. The number of hydrogen-bond acceptors (Lipinski definition) is 5. The van der Waals surface area contributed by atoms with E-state index in [4.69, 9.17) is 15.8 Å². The van der Waals surface area contributed by atoms with Crippen LogP contribution in [-0.2, 0) is 21.9 Å². The van der Waals surface area contributed by atoms with Crippen molar-refractivity contribution in [1.82, 2.24) is 0 Å². The minimum absolute atomic E-state index is 0.159. The van der Waals surface area contributed by atoms with Crippen LogP contribution in [0.25, 0.3) is 0 Å². The Morgan fingerprint density at radius 3 is 2.52 bits per heavy atom.